The zero-order valence-corrected chi connectivity index (χ0v) is 8.94. The quantitative estimate of drug-likeness (QED) is 0.741. The first-order valence-corrected chi connectivity index (χ1v) is 5.34. The van der Waals surface area contributed by atoms with Crippen LogP contribution in [-0.4, -0.2) is 46.8 Å². The lowest BCUT2D eigenvalue weighted by atomic mass is 10.3. The molecule has 1 aliphatic heterocycles. The molecule has 0 aromatic carbocycles. The molecule has 0 spiro atoms. The largest absolute Gasteiger partial charge is 0.335 e. The van der Waals surface area contributed by atoms with Gasteiger partial charge in [0.25, 0.3) is 5.91 Å². The molecule has 5 heteroatoms. The van der Waals surface area contributed by atoms with Crippen LogP contribution in [0.15, 0.2) is 12.3 Å². The molecule has 1 fully saturated rings. The Labute approximate surface area is 89.1 Å². The highest BCUT2D eigenvalue weighted by atomic mass is 16.2. The second-order valence-electron chi connectivity index (χ2n) is 3.60. The molecular formula is C10H16N4O. The lowest BCUT2D eigenvalue weighted by Crippen LogP contribution is -2.46. The van der Waals surface area contributed by atoms with Gasteiger partial charge in [-0.2, -0.15) is 5.10 Å². The third kappa shape index (κ3) is 2.18. The monoisotopic (exact) mass is 208 g/mol. The normalized spacial score (nSPS) is 16.7. The summed E-state index contributed by atoms with van der Waals surface area (Å²) in [5.74, 6) is 0.0451. The minimum Gasteiger partial charge on any atom is -0.335 e. The summed E-state index contributed by atoms with van der Waals surface area (Å²) in [5, 5.41) is 7.43. The van der Waals surface area contributed by atoms with E-state index in [1.54, 1.807) is 10.7 Å². The lowest BCUT2D eigenvalue weighted by molar-refractivity contribution is 0.0729. The first-order valence-electron chi connectivity index (χ1n) is 5.34. The van der Waals surface area contributed by atoms with E-state index in [0.717, 1.165) is 32.7 Å². The molecule has 1 amide bonds. The Hall–Kier alpha value is -1.36. The fourth-order valence-corrected chi connectivity index (χ4v) is 1.68. The molecule has 1 aromatic heterocycles. The number of aryl methyl sites for hydroxylation is 1. The van der Waals surface area contributed by atoms with Gasteiger partial charge in [0, 0.05) is 38.9 Å². The van der Waals surface area contributed by atoms with Crippen molar-refractivity contribution in [2.45, 2.75) is 13.5 Å². The van der Waals surface area contributed by atoms with Crippen LogP contribution >= 0.6 is 0 Å². The highest BCUT2D eigenvalue weighted by Crippen LogP contribution is 2.03. The van der Waals surface area contributed by atoms with E-state index in [-0.39, 0.29) is 5.91 Å². The molecular weight excluding hydrogens is 192 g/mol. The SMILES string of the molecule is CCn1ccc(C(=O)N2CCNCC2)n1. The Balaban J connectivity index is 2.05. The Bertz CT molecular complexity index is 341. The van der Waals surface area contributed by atoms with Crippen LogP contribution in [0.2, 0.25) is 0 Å². The summed E-state index contributed by atoms with van der Waals surface area (Å²) in [7, 11) is 0. The summed E-state index contributed by atoms with van der Waals surface area (Å²) in [5.41, 5.74) is 0.554. The Kier molecular flexibility index (Phi) is 3.01. The molecule has 82 valence electrons. The number of nitrogens with one attached hydrogen (secondary N) is 1. The van der Waals surface area contributed by atoms with Gasteiger partial charge >= 0.3 is 0 Å². The van der Waals surface area contributed by atoms with Crippen LogP contribution in [0.1, 0.15) is 17.4 Å². The van der Waals surface area contributed by atoms with Crippen molar-refractivity contribution >= 4 is 5.91 Å². The van der Waals surface area contributed by atoms with E-state index in [1.807, 2.05) is 18.0 Å². The number of rotatable bonds is 2. The maximum absolute atomic E-state index is 12.0. The summed E-state index contributed by atoms with van der Waals surface area (Å²) in [6.07, 6.45) is 1.84. The minimum atomic E-state index is 0.0451. The van der Waals surface area contributed by atoms with Crippen LogP contribution < -0.4 is 5.32 Å². The number of hydrogen-bond donors (Lipinski definition) is 1. The number of nitrogens with zero attached hydrogens (tertiary/aromatic N) is 3. The van der Waals surface area contributed by atoms with E-state index in [9.17, 15) is 4.79 Å². The summed E-state index contributed by atoms with van der Waals surface area (Å²) in [4.78, 5) is 13.8. The predicted octanol–water partition coefficient (Wildman–Crippen LogP) is -0.0516. The van der Waals surface area contributed by atoms with Gasteiger partial charge in [-0.25, -0.2) is 0 Å². The molecule has 5 nitrogen and oxygen atoms in total. The van der Waals surface area contributed by atoms with E-state index < -0.39 is 0 Å². The Morgan fingerprint density at radius 3 is 2.87 bits per heavy atom. The Morgan fingerprint density at radius 1 is 1.53 bits per heavy atom. The number of amides is 1. The third-order valence-electron chi connectivity index (χ3n) is 2.59. The van der Waals surface area contributed by atoms with Crippen LogP contribution in [-0.2, 0) is 6.54 Å². The highest BCUT2D eigenvalue weighted by molar-refractivity contribution is 5.92. The van der Waals surface area contributed by atoms with Crippen molar-refractivity contribution in [1.82, 2.24) is 20.0 Å². The van der Waals surface area contributed by atoms with Gasteiger partial charge in [0.05, 0.1) is 0 Å². The van der Waals surface area contributed by atoms with Crippen molar-refractivity contribution in [3.05, 3.63) is 18.0 Å². The third-order valence-corrected chi connectivity index (χ3v) is 2.59. The van der Waals surface area contributed by atoms with Gasteiger partial charge in [0.1, 0.15) is 5.69 Å². The van der Waals surface area contributed by atoms with Crippen molar-refractivity contribution in [2.24, 2.45) is 0 Å². The second kappa shape index (κ2) is 4.44. The van der Waals surface area contributed by atoms with Gasteiger partial charge in [-0.1, -0.05) is 0 Å². The molecule has 1 aliphatic rings. The first kappa shape index (κ1) is 10.2. The summed E-state index contributed by atoms with van der Waals surface area (Å²) < 4.78 is 1.77. The summed E-state index contributed by atoms with van der Waals surface area (Å²) in [6, 6.07) is 1.79. The lowest BCUT2D eigenvalue weighted by Gasteiger charge is -2.26. The topological polar surface area (TPSA) is 50.2 Å². The zero-order valence-electron chi connectivity index (χ0n) is 8.94. The van der Waals surface area contributed by atoms with Crippen LogP contribution in [0.3, 0.4) is 0 Å². The van der Waals surface area contributed by atoms with E-state index >= 15 is 0 Å². The molecule has 1 saturated heterocycles. The Morgan fingerprint density at radius 2 is 2.27 bits per heavy atom. The molecule has 0 radical (unpaired) electrons. The van der Waals surface area contributed by atoms with Gasteiger partial charge in [-0.05, 0) is 13.0 Å². The van der Waals surface area contributed by atoms with E-state index in [1.165, 1.54) is 0 Å². The number of hydrogen-bond acceptors (Lipinski definition) is 3. The van der Waals surface area contributed by atoms with Crippen molar-refractivity contribution < 1.29 is 4.79 Å². The van der Waals surface area contributed by atoms with E-state index in [2.05, 4.69) is 10.4 Å². The van der Waals surface area contributed by atoms with Crippen LogP contribution in [0, 0.1) is 0 Å². The van der Waals surface area contributed by atoms with Gasteiger partial charge < -0.3 is 10.2 Å². The molecule has 2 heterocycles. The average molecular weight is 208 g/mol. The average Bonchev–Trinajstić information content (AvgIpc) is 2.78. The van der Waals surface area contributed by atoms with Crippen molar-refractivity contribution in [3.63, 3.8) is 0 Å². The maximum Gasteiger partial charge on any atom is 0.274 e. The molecule has 0 unspecified atom stereocenters. The number of aromatic nitrogens is 2. The van der Waals surface area contributed by atoms with Crippen LogP contribution in [0.4, 0.5) is 0 Å². The number of piperazine rings is 1. The van der Waals surface area contributed by atoms with Gasteiger partial charge in [0.2, 0.25) is 0 Å². The standard InChI is InChI=1S/C10H16N4O/c1-2-14-6-3-9(12-14)10(15)13-7-4-11-5-8-13/h3,6,11H,2,4-5,7-8H2,1H3. The molecule has 0 bridgehead atoms. The molecule has 0 atom stereocenters. The smallest absolute Gasteiger partial charge is 0.274 e. The predicted molar refractivity (Wildman–Crippen MR) is 56.7 cm³/mol. The van der Waals surface area contributed by atoms with Gasteiger partial charge in [-0.3, -0.25) is 9.48 Å². The molecule has 0 saturated carbocycles. The minimum absolute atomic E-state index is 0.0451. The highest BCUT2D eigenvalue weighted by Gasteiger charge is 2.19. The van der Waals surface area contributed by atoms with Crippen molar-refractivity contribution in [2.75, 3.05) is 26.2 Å². The van der Waals surface area contributed by atoms with Gasteiger partial charge in [-0.15, -0.1) is 0 Å². The zero-order chi connectivity index (χ0) is 10.7. The molecule has 1 aromatic rings. The number of carbonyl (C=O) groups excluding carboxylic acids is 1. The van der Waals surface area contributed by atoms with E-state index in [0.29, 0.717) is 5.69 Å². The molecule has 2 rings (SSSR count). The maximum atomic E-state index is 12.0. The van der Waals surface area contributed by atoms with E-state index in [4.69, 9.17) is 0 Å². The van der Waals surface area contributed by atoms with Crippen LogP contribution in [0.25, 0.3) is 0 Å². The van der Waals surface area contributed by atoms with Gasteiger partial charge in [0.15, 0.2) is 0 Å². The fourth-order valence-electron chi connectivity index (χ4n) is 1.68. The van der Waals surface area contributed by atoms with Crippen molar-refractivity contribution in [3.8, 4) is 0 Å². The first-order chi connectivity index (χ1) is 7.31. The summed E-state index contributed by atoms with van der Waals surface area (Å²) >= 11 is 0. The molecule has 0 aliphatic carbocycles. The van der Waals surface area contributed by atoms with Crippen LogP contribution in [0.5, 0.6) is 0 Å². The molecule has 15 heavy (non-hydrogen) atoms. The molecule has 1 N–H and O–H groups in total. The fraction of sp³-hybridized carbons (Fsp3) is 0.600. The second-order valence-corrected chi connectivity index (χ2v) is 3.60. The van der Waals surface area contributed by atoms with Crippen molar-refractivity contribution in [1.29, 1.82) is 0 Å². The number of carbonyl (C=O) groups is 1. The summed E-state index contributed by atoms with van der Waals surface area (Å²) in [6.45, 7) is 6.11.